The van der Waals surface area contributed by atoms with Crippen molar-refractivity contribution in [1.29, 1.82) is 0 Å². The molecule has 3 heterocycles. The lowest BCUT2D eigenvalue weighted by molar-refractivity contribution is 0.445. The molecule has 0 saturated carbocycles. The Bertz CT molecular complexity index is 1120. The van der Waals surface area contributed by atoms with Gasteiger partial charge >= 0.3 is 0 Å². The maximum absolute atomic E-state index is 11.7. The molecule has 0 fully saturated rings. The van der Waals surface area contributed by atoms with Gasteiger partial charge in [-0.25, -0.2) is 13.4 Å². The predicted octanol–water partition coefficient (Wildman–Crippen LogP) is 3.93. The van der Waals surface area contributed by atoms with Crippen LogP contribution in [0.1, 0.15) is 12.1 Å². The second-order valence-electron chi connectivity index (χ2n) is 6.38. The number of nitrogens with one attached hydrogen (secondary N) is 1. The smallest absolute Gasteiger partial charge is 0.211 e. The molecule has 0 spiro atoms. The number of aromatic amines is 1. The van der Waals surface area contributed by atoms with Crippen LogP contribution in [-0.2, 0) is 10.0 Å². The molecule has 0 bridgehead atoms. The molecular formula is C19H18ClN3O2S. The minimum atomic E-state index is -3.15. The van der Waals surface area contributed by atoms with Crippen molar-refractivity contribution in [1.82, 2.24) is 14.3 Å². The van der Waals surface area contributed by atoms with Gasteiger partial charge in [-0.3, -0.25) is 0 Å². The van der Waals surface area contributed by atoms with Gasteiger partial charge in [0.05, 0.1) is 6.26 Å². The van der Waals surface area contributed by atoms with Gasteiger partial charge in [0.2, 0.25) is 10.0 Å². The van der Waals surface area contributed by atoms with E-state index in [9.17, 15) is 8.42 Å². The van der Waals surface area contributed by atoms with Crippen molar-refractivity contribution in [2.24, 2.45) is 0 Å². The zero-order valence-corrected chi connectivity index (χ0v) is 15.8. The number of H-pyrrole nitrogens is 1. The molecule has 0 atom stereocenters. The van der Waals surface area contributed by atoms with Gasteiger partial charge in [0.15, 0.2) is 0 Å². The van der Waals surface area contributed by atoms with E-state index in [1.165, 1.54) is 10.6 Å². The number of fused-ring (bicyclic) bond motifs is 1. The van der Waals surface area contributed by atoms with E-state index >= 15 is 0 Å². The first-order valence-corrected chi connectivity index (χ1v) is 10.5. The summed E-state index contributed by atoms with van der Waals surface area (Å²) in [5.41, 5.74) is 4.86. The lowest BCUT2D eigenvalue weighted by Crippen LogP contribution is -2.33. The van der Waals surface area contributed by atoms with Crippen molar-refractivity contribution < 1.29 is 8.42 Å². The van der Waals surface area contributed by atoms with Crippen LogP contribution in [0.25, 0.3) is 27.7 Å². The molecule has 1 aliphatic heterocycles. The van der Waals surface area contributed by atoms with E-state index in [-0.39, 0.29) is 0 Å². The molecule has 0 aliphatic carbocycles. The fourth-order valence-corrected chi connectivity index (χ4v) is 4.32. The molecule has 3 aromatic rings. The first-order chi connectivity index (χ1) is 12.4. The summed E-state index contributed by atoms with van der Waals surface area (Å²) >= 11 is 6.37. The minimum Gasteiger partial charge on any atom is -0.339 e. The first-order valence-electron chi connectivity index (χ1n) is 8.30. The number of pyridine rings is 1. The average molecular weight is 388 g/mol. The van der Waals surface area contributed by atoms with E-state index < -0.39 is 10.0 Å². The number of benzene rings is 1. The molecule has 7 heteroatoms. The standard InChI is InChI=1S/C19H18ClN3O2S/c1-26(24,25)23-10-7-13(8-11-23)18-12-16-14(6-9-21-19(16)22-18)15-4-2-3-5-17(15)20/h2-7,9,12H,8,10-11H2,1H3,(H,21,22). The van der Waals surface area contributed by atoms with Gasteiger partial charge in [0, 0.05) is 41.0 Å². The number of sulfonamides is 1. The molecule has 134 valence electrons. The zero-order chi connectivity index (χ0) is 18.3. The lowest BCUT2D eigenvalue weighted by atomic mass is 10.0. The summed E-state index contributed by atoms with van der Waals surface area (Å²) in [5.74, 6) is 0. The summed E-state index contributed by atoms with van der Waals surface area (Å²) in [6.45, 7) is 0.888. The van der Waals surface area contributed by atoms with E-state index in [1.54, 1.807) is 6.20 Å². The minimum absolute atomic E-state index is 0.397. The molecule has 1 N–H and O–H groups in total. The van der Waals surface area contributed by atoms with Crippen LogP contribution in [0.4, 0.5) is 0 Å². The van der Waals surface area contributed by atoms with Gasteiger partial charge in [-0.05, 0) is 35.8 Å². The van der Waals surface area contributed by atoms with Gasteiger partial charge in [-0.1, -0.05) is 35.9 Å². The molecule has 0 radical (unpaired) electrons. The quantitative estimate of drug-likeness (QED) is 0.740. The highest BCUT2D eigenvalue weighted by atomic mass is 35.5. The highest BCUT2D eigenvalue weighted by Crippen LogP contribution is 2.34. The molecule has 0 amide bonds. The number of aromatic nitrogens is 2. The Morgan fingerprint density at radius 3 is 2.69 bits per heavy atom. The number of hydrogen-bond acceptors (Lipinski definition) is 3. The van der Waals surface area contributed by atoms with Crippen LogP contribution in [-0.4, -0.2) is 42.0 Å². The van der Waals surface area contributed by atoms with Crippen molar-refractivity contribution in [3.63, 3.8) is 0 Å². The molecule has 5 nitrogen and oxygen atoms in total. The number of rotatable bonds is 3. The van der Waals surface area contributed by atoms with Crippen LogP contribution in [0.3, 0.4) is 0 Å². The van der Waals surface area contributed by atoms with E-state index in [4.69, 9.17) is 11.6 Å². The zero-order valence-electron chi connectivity index (χ0n) is 14.2. The third kappa shape index (κ3) is 3.16. The monoisotopic (exact) mass is 387 g/mol. The third-order valence-electron chi connectivity index (χ3n) is 4.68. The van der Waals surface area contributed by atoms with Crippen LogP contribution in [0.5, 0.6) is 0 Å². The molecule has 4 rings (SSSR count). The van der Waals surface area contributed by atoms with Crippen molar-refractivity contribution in [2.75, 3.05) is 19.3 Å². The Kier molecular flexibility index (Phi) is 4.34. The lowest BCUT2D eigenvalue weighted by Gasteiger charge is -2.23. The average Bonchev–Trinajstić information content (AvgIpc) is 3.06. The van der Waals surface area contributed by atoms with E-state index in [0.717, 1.165) is 33.4 Å². The fourth-order valence-electron chi connectivity index (χ4n) is 3.31. The maximum Gasteiger partial charge on any atom is 0.211 e. The van der Waals surface area contributed by atoms with E-state index in [0.29, 0.717) is 24.5 Å². The Morgan fingerprint density at radius 2 is 2.00 bits per heavy atom. The fraction of sp³-hybridized carbons (Fsp3) is 0.211. The molecule has 2 aromatic heterocycles. The molecule has 1 aliphatic rings. The second kappa shape index (κ2) is 6.54. The van der Waals surface area contributed by atoms with Crippen molar-refractivity contribution in [3.8, 4) is 11.1 Å². The number of nitrogens with zero attached hydrogens (tertiary/aromatic N) is 2. The van der Waals surface area contributed by atoms with E-state index in [1.807, 2.05) is 36.4 Å². The van der Waals surface area contributed by atoms with Crippen LogP contribution >= 0.6 is 11.6 Å². The Morgan fingerprint density at radius 1 is 1.19 bits per heavy atom. The SMILES string of the molecule is CS(=O)(=O)N1CC=C(c2cc3c(-c4ccccc4Cl)ccnc3[nH]2)CC1. The largest absolute Gasteiger partial charge is 0.339 e. The van der Waals surface area contributed by atoms with Crippen molar-refractivity contribution in [2.45, 2.75) is 6.42 Å². The molecule has 1 aromatic carbocycles. The normalized spacial score (nSPS) is 16.0. The molecular weight excluding hydrogens is 370 g/mol. The third-order valence-corrected chi connectivity index (χ3v) is 6.28. The topological polar surface area (TPSA) is 66.1 Å². The van der Waals surface area contributed by atoms with E-state index in [2.05, 4.69) is 16.0 Å². The Labute approximate surface area is 157 Å². The maximum atomic E-state index is 11.7. The van der Waals surface area contributed by atoms with Gasteiger partial charge in [-0.15, -0.1) is 0 Å². The van der Waals surface area contributed by atoms with Gasteiger partial charge < -0.3 is 4.98 Å². The molecule has 0 saturated heterocycles. The van der Waals surface area contributed by atoms with Crippen molar-refractivity contribution >= 4 is 38.2 Å². The Hall–Kier alpha value is -2.15. The van der Waals surface area contributed by atoms with Gasteiger partial charge in [-0.2, -0.15) is 4.31 Å². The number of halogens is 1. The van der Waals surface area contributed by atoms with Crippen LogP contribution in [0.2, 0.25) is 5.02 Å². The predicted molar refractivity (Wildman–Crippen MR) is 106 cm³/mol. The molecule has 0 unspecified atom stereocenters. The highest BCUT2D eigenvalue weighted by molar-refractivity contribution is 7.88. The van der Waals surface area contributed by atoms with Gasteiger partial charge in [0.1, 0.15) is 5.65 Å². The Balaban J connectivity index is 1.75. The van der Waals surface area contributed by atoms with Gasteiger partial charge in [0.25, 0.3) is 0 Å². The van der Waals surface area contributed by atoms with Crippen LogP contribution in [0.15, 0.2) is 48.7 Å². The van der Waals surface area contributed by atoms with Crippen molar-refractivity contribution in [3.05, 3.63) is 59.4 Å². The number of hydrogen-bond donors (Lipinski definition) is 1. The molecule has 26 heavy (non-hydrogen) atoms. The first kappa shape index (κ1) is 17.3. The van der Waals surface area contributed by atoms with Crippen LogP contribution in [0, 0.1) is 0 Å². The van der Waals surface area contributed by atoms with Crippen LogP contribution < -0.4 is 0 Å². The second-order valence-corrected chi connectivity index (χ2v) is 8.77. The summed E-state index contributed by atoms with van der Waals surface area (Å²) < 4.78 is 24.8. The summed E-state index contributed by atoms with van der Waals surface area (Å²) in [5, 5.41) is 1.70. The summed E-state index contributed by atoms with van der Waals surface area (Å²) in [7, 11) is -3.15. The summed E-state index contributed by atoms with van der Waals surface area (Å²) in [6, 6.07) is 11.8. The summed E-state index contributed by atoms with van der Waals surface area (Å²) in [4.78, 5) is 7.79. The summed E-state index contributed by atoms with van der Waals surface area (Å²) in [6.07, 6.45) is 5.64. The highest BCUT2D eigenvalue weighted by Gasteiger charge is 2.21.